The molecule has 20 heteroatoms. The molecule has 0 N–H and O–H groups in total. The van der Waals surface area contributed by atoms with Crippen molar-refractivity contribution in [3.05, 3.63) is 188 Å². The average molecular weight is 1030 g/mol. The number of rotatable bonds is 9. The summed E-state index contributed by atoms with van der Waals surface area (Å²) >= 11 is 0. The summed E-state index contributed by atoms with van der Waals surface area (Å²) < 4.78 is 21.8. The van der Waals surface area contributed by atoms with Gasteiger partial charge in [-0.1, -0.05) is 85.2 Å². The van der Waals surface area contributed by atoms with Gasteiger partial charge in [0.25, 0.3) is 0 Å². The van der Waals surface area contributed by atoms with E-state index in [0.29, 0.717) is 41.9 Å². The number of halogens is 1. The standard InChI is InChI=1S/C17H13FN5.C16H12N5.C14H11N6.3Cu/c1-23-8-15(21-10-23)16(18)13-6-3-5-12(22-13)11-4-2-7-14-17(11)20-9-19-14;1-2-7-14-13(6-1)19-16(20-14)15-8-3-5-12(18-15)11-21-10-4-9-17-21;1-2-5-12-11(4-1)16-14(17-12)13-6-9-20(18-13)10-19-8-3-7-15-19;;;/h2-10,16H,1H3;1-10H,11H2;1-9H,10H2;;;/q3*-1;3*+1. The Labute approximate surface area is 414 Å². The first-order valence-electron chi connectivity index (χ1n) is 20.2. The van der Waals surface area contributed by atoms with Crippen LogP contribution in [0, 0.1) is 0 Å². The zero-order valence-electron chi connectivity index (χ0n) is 35.1. The van der Waals surface area contributed by atoms with E-state index in [1.807, 2.05) is 144 Å². The van der Waals surface area contributed by atoms with Gasteiger partial charge in [-0.2, -0.15) is 15.3 Å². The summed E-state index contributed by atoms with van der Waals surface area (Å²) in [5, 5.41) is 12.8. The zero-order chi connectivity index (χ0) is 43.2. The number of imidazole rings is 4. The molecular formula is C47H36Cu3FN16. The second kappa shape index (κ2) is 21.8. The third-order valence-electron chi connectivity index (χ3n) is 10.00. The molecule has 0 amide bonds. The average Bonchev–Trinajstić information content (AvgIpc) is 4.19. The maximum absolute atomic E-state index is 14.7. The molecule has 9 heterocycles. The van der Waals surface area contributed by atoms with Gasteiger partial charge in [0.2, 0.25) is 0 Å². The van der Waals surface area contributed by atoms with Crippen molar-refractivity contribution in [1.29, 1.82) is 0 Å². The van der Waals surface area contributed by atoms with E-state index in [4.69, 9.17) is 0 Å². The minimum Gasteiger partial charge on any atom is -0.443 e. The Hall–Kier alpha value is -7.30. The molecule has 0 aliphatic rings. The van der Waals surface area contributed by atoms with Crippen molar-refractivity contribution < 1.29 is 55.6 Å². The number of aromatic nitrogens is 16. The molecule has 12 rings (SSSR count). The van der Waals surface area contributed by atoms with Crippen molar-refractivity contribution in [3.8, 4) is 34.3 Å². The summed E-state index contributed by atoms with van der Waals surface area (Å²) in [4.78, 5) is 39.6. The summed E-state index contributed by atoms with van der Waals surface area (Å²) in [5.41, 5.74) is 9.84. The topological polar surface area (TPSA) is 178 Å². The van der Waals surface area contributed by atoms with Gasteiger partial charge in [0, 0.05) is 49.8 Å². The van der Waals surface area contributed by atoms with E-state index in [9.17, 15) is 4.39 Å². The van der Waals surface area contributed by atoms with Gasteiger partial charge in [-0.25, -0.2) is 14.4 Å². The molecule has 0 fully saturated rings. The maximum Gasteiger partial charge on any atom is 1.00 e. The second-order valence-electron chi connectivity index (χ2n) is 14.5. The molecule has 1 unspecified atom stereocenters. The van der Waals surface area contributed by atoms with E-state index in [0.717, 1.165) is 55.7 Å². The molecule has 16 nitrogen and oxygen atoms in total. The van der Waals surface area contributed by atoms with E-state index in [1.165, 1.54) is 6.33 Å². The molecule has 3 aromatic carbocycles. The molecule has 0 radical (unpaired) electrons. The fourth-order valence-electron chi connectivity index (χ4n) is 6.97. The van der Waals surface area contributed by atoms with Gasteiger partial charge in [-0.15, -0.1) is 0 Å². The molecule has 1 atom stereocenters. The molecule has 0 saturated carbocycles. The number of hydrogen-bond acceptors (Lipinski definition) is 9. The molecule has 67 heavy (non-hydrogen) atoms. The van der Waals surface area contributed by atoms with Crippen LogP contribution in [-0.2, 0) is 71.5 Å². The van der Waals surface area contributed by atoms with E-state index >= 15 is 0 Å². The van der Waals surface area contributed by atoms with Crippen LogP contribution in [-0.4, -0.2) is 63.8 Å². The van der Waals surface area contributed by atoms with E-state index in [1.54, 1.807) is 46.3 Å². The van der Waals surface area contributed by atoms with Crippen LogP contribution in [0.15, 0.2) is 171 Å². The van der Waals surface area contributed by atoms with E-state index < -0.39 is 6.17 Å². The Morgan fingerprint density at radius 1 is 0.567 bits per heavy atom. The van der Waals surface area contributed by atoms with Crippen LogP contribution in [0.3, 0.4) is 0 Å². The number of hydrogen-bond donors (Lipinski definition) is 0. The molecule has 9 aromatic heterocycles. The summed E-state index contributed by atoms with van der Waals surface area (Å²) in [7, 11) is 1.81. The quantitative estimate of drug-likeness (QED) is 0.132. The fourth-order valence-corrected chi connectivity index (χ4v) is 6.97. The van der Waals surface area contributed by atoms with Gasteiger partial charge in [0.15, 0.2) is 6.17 Å². The van der Waals surface area contributed by atoms with E-state index in [2.05, 4.69) is 60.2 Å². The van der Waals surface area contributed by atoms with Gasteiger partial charge in [-0.05, 0) is 87.2 Å². The first-order chi connectivity index (χ1) is 31.5. The summed E-state index contributed by atoms with van der Waals surface area (Å²) in [6.07, 6.45) is 12.6. The van der Waals surface area contributed by atoms with Crippen LogP contribution in [0.25, 0.3) is 67.4 Å². The predicted molar refractivity (Wildman–Crippen MR) is 238 cm³/mol. The number of aryl methyl sites for hydroxylation is 1. The van der Waals surface area contributed by atoms with Crippen molar-refractivity contribution in [1.82, 2.24) is 78.8 Å². The van der Waals surface area contributed by atoms with Crippen molar-refractivity contribution >= 4 is 33.1 Å². The van der Waals surface area contributed by atoms with Gasteiger partial charge in [0.1, 0.15) is 6.67 Å². The molecule has 0 aliphatic heterocycles. The Bertz CT molecular complexity index is 3360. The largest absolute Gasteiger partial charge is 1.00 e. The summed E-state index contributed by atoms with van der Waals surface area (Å²) in [5.74, 6) is 1.32. The van der Waals surface area contributed by atoms with Crippen LogP contribution >= 0.6 is 0 Å². The number of alkyl halides is 1. The molecule has 0 spiro atoms. The Morgan fingerprint density at radius 2 is 1.22 bits per heavy atom. The molecule has 12 aromatic rings. The van der Waals surface area contributed by atoms with Crippen LogP contribution < -0.4 is 15.0 Å². The molecule has 0 aliphatic carbocycles. The molecule has 0 bridgehead atoms. The summed E-state index contributed by atoms with van der Waals surface area (Å²) in [6, 6.07) is 38.2. The third-order valence-corrected chi connectivity index (χ3v) is 10.00. The number of benzene rings is 3. The van der Waals surface area contributed by atoms with Crippen LogP contribution in [0.4, 0.5) is 4.39 Å². The van der Waals surface area contributed by atoms with Crippen molar-refractivity contribution in [2.24, 2.45) is 7.05 Å². The monoisotopic (exact) mass is 1030 g/mol. The summed E-state index contributed by atoms with van der Waals surface area (Å²) in [6.45, 7) is 1.22. The first-order valence-corrected chi connectivity index (χ1v) is 20.2. The maximum atomic E-state index is 14.7. The minimum absolute atomic E-state index is 0. The van der Waals surface area contributed by atoms with Crippen LogP contribution in [0.2, 0.25) is 0 Å². The SMILES string of the molecule is Cn1cnc(C(F)c2cccc(-c3cccc4nc[n-]c34)n2)c1.[Cu+].[Cu+].[Cu+].c1cc(Cn2cccn2)nc(-c2nc3ccccc3[n-]2)c1.c1ccc2[n-]c(-c3ccn(Cn4cccn4)n3)nc2c1. The zero-order valence-corrected chi connectivity index (χ0v) is 37.9. The van der Waals surface area contributed by atoms with Gasteiger partial charge in [-0.3, -0.25) is 19.0 Å². The number of fused-ring (bicyclic) bond motifs is 3. The molecule has 344 valence electrons. The smallest absolute Gasteiger partial charge is 0.443 e. The Balaban J connectivity index is 0.000000146. The Kier molecular flexibility index (Phi) is 15.5. The van der Waals surface area contributed by atoms with Gasteiger partial charge < -0.3 is 34.5 Å². The van der Waals surface area contributed by atoms with Gasteiger partial charge >= 0.3 is 51.2 Å². The molecular weight excluding hydrogens is 998 g/mol. The Morgan fingerprint density at radius 3 is 1.91 bits per heavy atom. The predicted octanol–water partition coefficient (Wildman–Crippen LogP) is 7.30. The van der Waals surface area contributed by atoms with Gasteiger partial charge in [0.05, 0.1) is 47.0 Å². The molecule has 0 saturated heterocycles. The number of nitrogens with zero attached hydrogens (tertiary/aromatic N) is 16. The second-order valence-corrected chi connectivity index (χ2v) is 14.5. The van der Waals surface area contributed by atoms with Crippen molar-refractivity contribution in [3.63, 3.8) is 0 Å². The third kappa shape index (κ3) is 11.0. The van der Waals surface area contributed by atoms with Crippen LogP contribution in [0.1, 0.15) is 23.3 Å². The number of pyridine rings is 2. The fraction of sp³-hybridized carbons (Fsp3) is 0.0851. The minimum atomic E-state index is -1.36. The van der Waals surface area contributed by atoms with Crippen molar-refractivity contribution in [2.75, 3.05) is 0 Å². The van der Waals surface area contributed by atoms with Crippen molar-refractivity contribution in [2.45, 2.75) is 19.4 Å². The van der Waals surface area contributed by atoms with Crippen LogP contribution in [0.5, 0.6) is 0 Å². The first kappa shape index (κ1) is 47.7. The normalized spacial score (nSPS) is 11.1. The number of para-hydroxylation sites is 5. The van der Waals surface area contributed by atoms with E-state index in [-0.39, 0.29) is 51.2 Å².